The van der Waals surface area contributed by atoms with Gasteiger partial charge >= 0.3 is 0 Å². The zero-order valence-electron chi connectivity index (χ0n) is 16.4. The fraction of sp³-hybridized carbons (Fsp3) is 0.136. The molecule has 0 bridgehead atoms. The van der Waals surface area contributed by atoms with Crippen LogP contribution in [0.5, 0.6) is 0 Å². The summed E-state index contributed by atoms with van der Waals surface area (Å²) >= 11 is 0. The van der Waals surface area contributed by atoms with Crippen molar-refractivity contribution in [3.63, 3.8) is 0 Å². The SMILES string of the molecule is Cc1ccc(=O)n(CC(=O)NCc2cn(-c3ccccc3)nc2-c2ccncc2)n1. The van der Waals surface area contributed by atoms with Crippen LogP contribution in [0.3, 0.4) is 0 Å². The number of para-hydroxylation sites is 1. The Morgan fingerprint density at radius 3 is 2.53 bits per heavy atom. The Balaban J connectivity index is 1.57. The molecular formula is C22H20N6O2. The predicted molar refractivity (Wildman–Crippen MR) is 112 cm³/mol. The van der Waals surface area contributed by atoms with Gasteiger partial charge in [0.2, 0.25) is 5.91 Å². The van der Waals surface area contributed by atoms with Gasteiger partial charge in [-0.15, -0.1) is 0 Å². The zero-order valence-corrected chi connectivity index (χ0v) is 16.4. The highest BCUT2D eigenvalue weighted by Gasteiger charge is 2.14. The van der Waals surface area contributed by atoms with E-state index in [1.54, 1.807) is 30.1 Å². The van der Waals surface area contributed by atoms with Crippen molar-refractivity contribution in [3.05, 3.63) is 94.8 Å². The molecule has 1 aromatic carbocycles. The molecule has 0 fully saturated rings. The van der Waals surface area contributed by atoms with Gasteiger partial charge < -0.3 is 5.32 Å². The maximum absolute atomic E-state index is 12.4. The summed E-state index contributed by atoms with van der Waals surface area (Å²) in [6, 6.07) is 16.5. The van der Waals surface area contributed by atoms with Crippen LogP contribution in [-0.2, 0) is 17.9 Å². The average Bonchev–Trinajstić information content (AvgIpc) is 3.20. The summed E-state index contributed by atoms with van der Waals surface area (Å²) in [5.74, 6) is -0.302. The number of benzene rings is 1. The van der Waals surface area contributed by atoms with Gasteiger partial charge in [-0.3, -0.25) is 14.6 Å². The Bertz CT molecular complexity index is 1220. The maximum Gasteiger partial charge on any atom is 0.267 e. The molecule has 0 spiro atoms. The van der Waals surface area contributed by atoms with Crippen molar-refractivity contribution in [1.82, 2.24) is 29.9 Å². The van der Waals surface area contributed by atoms with E-state index in [4.69, 9.17) is 5.10 Å². The lowest BCUT2D eigenvalue weighted by Crippen LogP contribution is -2.33. The van der Waals surface area contributed by atoms with Crippen LogP contribution in [0.25, 0.3) is 16.9 Å². The van der Waals surface area contributed by atoms with E-state index in [0.717, 1.165) is 27.2 Å². The Morgan fingerprint density at radius 2 is 1.77 bits per heavy atom. The number of aromatic nitrogens is 5. The molecule has 0 atom stereocenters. The van der Waals surface area contributed by atoms with E-state index in [1.807, 2.05) is 48.7 Å². The van der Waals surface area contributed by atoms with Crippen molar-refractivity contribution in [3.8, 4) is 16.9 Å². The molecule has 8 heteroatoms. The van der Waals surface area contributed by atoms with E-state index in [2.05, 4.69) is 15.4 Å². The van der Waals surface area contributed by atoms with E-state index in [-0.39, 0.29) is 24.6 Å². The summed E-state index contributed by atoms with van der Waals surface area (Å²) in [4.78, 5) is 28.4. The van der Waals surface area contributed by atoms with Gasteiger partial charge in [0.25, 0.3) is 5.56 Å². The van der Waals surface area contributed by atoms with E-state index >= 15 is 0 Å². The molecule has 0 saturated carbocycles. The number of aryl methyl sites for hydroxylation is 1. The maximum atomic E-state index is 12.4. The molecule has 0 unspecified atom stereocenters. The lowest BCUT2D eigenvalue weighted by atomic mass is 10.1. The monoisotopic (exact) mass is 400 g/mol. The van der Waals surface area contributed by atoms with Gasteiger partial charge in [0.15, 0.2) is 0 Å². The lowest BCUT2D eigenvalue weighted by molar-refractivity contribution is -0.122. The van der Waals surface area contributed by atoms with Gasteiger partial charge in [-0.25, -0.2) is 9.36 Å². The summed E-state index contributed by atoms with van der Waals surface area (Å²) in [5, 5.41) is 11.7. The second-order valence-corrected chi connectivity index (χ2v) is 6.77. The molecule has 0 aliphatic rings. The highest BCUT2D eigenvalue weighted by molar-refractivity contribution is 5.76. The number of pyridine rings is 1. The molecule has 3 aromatic heterocycles. The van der Waals surface area contributed by atoms with E-state index in [9.17, 15) is 9.59 Å². The summed E-state index contributed by atoms with van der Waals surface area (Å²) in [7, 11) is 0. The van der Waals surface area contributed by atoms with Crippen LogP contribution in [-0.4, -0.2) is 30.5 Å². The quantitative estimate of drug-likeness (QED) is 0.535. The van der Waals surface area contributed by atoms with Crippen molar-refractivity contribution >= 4 is 5.91 Å². The normalized spacial score (nSPS) is 10.7. The second kappa shape index (κ2) is 8.52. The first-order chi connectivity index (χ1) is 14.6. The Morgan fingerprint density at radius 1 is 1.00 bits per heavy atom. The van der Waals surface area contributed by atoms with Crippen molar-refractivity contribution in [2.75, 3.05) is 0 Å². The fourth-order valence-electron chi connectivity index (χ4n) is 3.05. The molecule has 1 N–H and O–H groups in total. The first-order valence-electron chi connectivity index (χ1n) is 9.46. The predicted octanol–water partition coefficient (Wildman–Crippen LogP) is 2.12. The Kier molecular flexibility index (Phi) is 5.47. The number of nitrogens with one attached hydrogen (secondary N) is 1. The molecule has 4 aromatic rings. The molecule has 0 saturated heterocycles. The molecule has 0 aliphatic heterocycles. The number of rotatable bonds is 6. The number of hydrogen-bond acceptors (Lipinski definition) is 5. The van der Waals surface area contributed by atoms with Gasteiger partial charge in [-0.05, 0) is 37.3 Å². The summed E-state index contributed by atoms with van der Waals surface area (Å²) in [6.07, 6.45) is 5.30. The molecule has 3 heterocycles. The van der Waals surface area contributed by atoms with Gasteiger partial charge in [-0.1, -0.05) is 18.2 Å². The van der Waals surface area contributed by atoms with Crippen LogP contribution in [0.2, 0.25) is 0 Å². The number of carbonyl (C=O) groups is 1. The molecule has 150 valence electrons. The molecule has 0 aliphatic carbocycles. The van der Waals surface area contributed by atoms with Gasteiger partial charge in [0, 0.05) is 42.3 Å². The van der Waals surface area contributed by atoms with Crippen molar-refractivity contribution in [2.45, 2.75) is 20.0 Å². The van der Waals surface area contributed by atoms with E-state index in [1.165, 1.54) is 6.07 Å². The van der Waals surface area contributed by atoms with Gasteiger partial charge in [-0.2, -0.15) is 10.2 Å². The van der Waals surface area contributed by atoms with Gasteiger partial charge in [0.1, 0.15) is 6.54 Å². The second-order valence-electron chi connectivity index (χ2n) is 6.77. The van der Waals surface area contributed by atoms with Crippen LogP contribution < -0.4 is 10.9 Å². The molecule has 0 radical (unpaired) electrons. The summed E-state index contributed by atoms with van der Waals surface area (Å²) in [6.45, 7) is 1.90. The fourth-order valence-corrected chi connectivity index (χ4v) is 3.05. The molecule has 8 nitrogen and oxygen atoms in total. The smallest absolute Gasteiger partial charge is 0.267 e. The number of hydrogen-bond donors (Lipinski definition) is 1. The van der Waals surface area contributed by atoms with Crippen LogP contribution in [0.15, 0.2) is 78.0 Å². The largest absolute Gasteiger partial charge is 0.350 e. The average molecular weight is 400 g/mol. The van der Waals surface area contributed by atoms with E-state index in [0.29, 0.717) is 5.69 Å². The third-order valence-electron chi connectivity index (χ3n) is 4.53. The van der Waals surface area contributed by atoms with Crippen molar-refractivity contribution in [2.24, 2.45) is 0 Å². The molecule has 1 amide bonds. The van der Waals surface area contributed by atoms with Crippen molar-refractivity contribution in [1.29, 1.82) is 0 Å². The third kappa shape index (κ3) is 4.33. The first kappa shape index (κ1) is 19.3. The number of carbonyl (C=O) groups excluding carboxylic acids is 1. The minimum Gasteiger partial charge on any atom is -0.350 e. The number of amides is 1. The minimum atomic E-state index is -0.315. The van der Waals surface area contributed by atoms with Crippen LogP contribution in [0.1, 0.15) is 11.3 Å². The van der Waals surface area contributed by atoms with Crippen LogP contribution in [0.4, 0.5) is 0 Å². The zero-order chi connectivity index (χ0) is 20.9. The van der Waals surface area contributed by atoms with Crippen molar-refractivity contribution < 1.29 is 4.79 Å². The highest BCUT2D eigenvalue weighted by atomic mass is 16.2. The highest BCUT2D eigenvalue weighted by Crippen LogP contribution is 2.23. The molecule has 4 rings (SSSR count). The summed E-state index contributed by atoms with van der Waals surface area (Å²) in [5.41, 5.74) is 3.79. The van der Waals surface area contributed by atoms with Crippen LogP contribution in [0, 0.1) is 6.92 Å². The standard InChI is InChI=1S/C22H20N6O2/c1-16-7-8-21(30)28(25-16)15-20(29)24-13-18-14-27(19-5-3-2-4-6-19)26-22(18)17-9-11-23-12-10-17/h2-12,14H,13,15H2,1H3,(H,24,29). The summed E-state index contributed by atoms with van der Waals surface area (Å²) < 4.78 is 2.94. The molecular weight excluding hydrogens is 380 g/mol. The minimum absolute atomic E-state index is 0.141. The third-order valence-corrected chi connectivity index (χ3v) is 4.53. The Hall–Kier alpha value is -4.07. The lowest BCUT2D eigenvalue weighted by Gasteiger charge is -2.07. The Labute approximate surface area is 172 Å². The first-order valence-corrected chi connectivity index (χ1v) is 9.46. The van der Waals surface area contributed by atoms with Gasteiger partial charge in [0.05, 0.1) is 17.1 Å². The topological polar surface area (TPSA) is 94.7 Å². The van der Waals surface area contributed by atoms with E-state index < -0.39 is 0 Å². The molecule has 30 heavy (non-hydrogen) atoms. The number of nitrogens with zero attached hydrogens (tertiary/aromatic N) is 5. The van der Waals surface area contributed by atoms with Crippen LogP contribution >= 0.6 is 0 Å².